The quantitative estimate of drug-likeness (QED) is 0.854. The monoisotopic (exact) mass is 225 g/mol. The van der Waals surface area contributed by atoms with Crippen molar-refractivity contribution in [3.8, 4) is 0 Å². The van der Waals surface area contributed by atoms with Gasteiger partial charge in [-0.05, 0) is 24.6 Å². The highest BCUT2D eigenvalue weighted by Crippen LogP contribution is 2.26. The second-order valence-corrected chi connectivity index (χ2v) is 3.65. The molecule has 0 aliphatic carbocycles. The van der Waals surface area contributed by atoms with E-state index in [0.717, 1.165) is 0 Å². The lowest BCUT2D eigenvalue weighted by Gasteiger charge is -2.04. The zero-order chi connectivity index (χ0) is 11.0. The molecule has 1 N–H and O–H groups in total. The number of hydrogen-bond donors (Lipinski definition) is 1. The molecule has 4 nitrogen and oxygen atoms in total. The van der Waals surface area contributed by atoms with Crippen molar-refractivity contribution in [1.82, 2.24) is 5.16 Å². The van der Waals surface area contributed by atoms with E-state index in [1.165, 1.54) is 0 Å². The van der Waals surface area contributed by atoms with Gasteiger partial charge in [0.2, 0.25) is 0 Å². The molecule has 1 aromatic carbocycles. The molecule has 15 heavy (non-hydrogen) atoms. The van der Waals surface area contributed by atoms with E-state index in [2.05, 4.69) is 5.16 Å². The van der Waals surface area contributed by atoms with Crippen molar-refractivity contribution in [2.75, 3.05) is 0 Å². The SMILES string of the molecule is CC(C(=O)O)c1ccc2c(Cl)noc2c1. The zero-order valence-electron chi connectivity index (χ0n) is 7.90. The van der Waals surface area contributed by atoms with E-state index in [1.807, 2.05) is 0 Å². The first-order chi connectivity index (χ1) is 7.09. The van der Waals surface area contributed by atoms with Gasteiger partial charge in [-0.25, -0.2) is 0 Å². The first-order valence-corrected chi connectivity index (χ1v) is 4.75. The van der Waals surface area contributed by atoms with Crippen molar-refractivity contribution < 1.29 is 14.4 Å². The summed E-state index contributed by atoms with van der Waals surface area (Å²) in [5.41, 5.74) is 1.17. The average Bonchev–Trinajstić information content (AvgIpc) is 2.59. The number of nitrogens with zero attached hydrogens (tertiary/aromatic N) is 1. The summed E-state index contributed by atoms with van der Waals surface area (Å²) in [6.45, 7) is 1.61. The molecule has 0 aliphatic rings. The van der Waals surface area contributed by atoms with Gasteiger partial charge in [-0.3, -0.25) is 4.79 Å². The second-order valence-electron chi connectivity index (χ2n) is 3.29. The fourth-order valence-corrected chi connectivity index (χ4v) is 1.53. The van der Waals surface area contributed by atoms with Crippen LogP contribution in [0.25, 0.3) is 11.0 Å². The first-order valence-electron chi connectivity index (χ1n) is 4.37. The smallest absolute Gasteiger partial charge is 0.310 e. The summed E-state index contributed by atoms with van der Waals surface area (Å²) in [5.74, 6) is -1.45. The Kier molecular flexibility index (Phi) is 2.36. The van der Waals surface area contributed by atoms with E-state index in [4.69, 9.17) is 21.2 Å². The van der Waals surface area contributed by atoms with Gasteiger partial charge in [-0.1, -0.05) is 22.8 Å². The molecule has 0 saturated carbocycles. The van der Waals surface area contributed by atoms with Crippen LogP contribution in [-0.2, 0) is 4.79 Å². The lowest BCUT2D eigenvalue weighted by Crippen LogP contribution is -2.06. The normalized spacial score (nSPS) is 12.9. The van der Waals surface area contributed by atoms with Crippen LogP contribution in [-0.4, -0.2) is 16.2 Å². The van der Waals surface area contributed by atoms with Crippen LogP contribution in [0.2, 0.25) is 5.15 Å². The highest BCUT2D eigenvalue weighted by Gasteiger charge is 2.15. The number of carboxylic acid groups (broad SMARTS) is 1. The molecule has 0 spiro atoms. The average molecular weight is 226 g/mol. The molecule has 0 bridgehead atoms. The molecule has 2 rings (SSSR count). The predicted molar refractivity (Wildman–Crippen MR) is 55.1 cm³/mol. The van der Waals surface area contributed by atoms with E-state index >= 15 is 0 Å². The third kappa shape index (κ3) is 1.68. The van der Waals surface area contributed by atoms with Crippen molar-refractivity contribution in [1.29, 1.82) is 0 Å². The van der Waals surface area contributed by atoms with Gasteiger partial charge in [0.25, 0.3) is 0 Å². The highest BCUT2D eigenvalue weighted by atomic mass is 35.5. The molecule has 78 valence electrons. The minimum atomic E-state index is -0.875. The standard InChI is InChI=1S/C10H8ClNO3/c1-5(10(13)14)6-2-3-7-8(4-6)15-12-9(7)11/h2-5H,1H3,(H,13,14). The van der Waals surface area contributed by atoms with Crippen LogP contribution in [0.4, 0.5) is 0 Å². The molecule has 1 aromatic heterocycles. The lowest BCUT2D eigenvalue weighted by atomic mass is 10.0. The Balaban J connectivity index is 2.52. The zero-order valence-corrected chi connectivity index (χ0v) is 8.65. The van der Waals surface area contributed by atoms with Crippen molar-refractivity contribution in [3.63, 3.8) is 0 Å². The van der Waals surface area contributed by atoms with Gasteiger partial charge >= 0.3 is 5.97 Å². The molecule has 1 atom stereocenters. The summed E-state index contributed by atoms with van der Waals surface area (Å²) in [6.07, 6.45) is 0. The third-order valence-corrected chi connectivity index (χ3v) is 2.60. The number of benzene rings is 1. The number of halogens is 1. The summed E-state index contributed by atoms with van der Waals surface area (Å²) < 4.78 is 4.94. The molecular formula is C10H8ClNO3. The predicted octanol–water partition coefficient (Wildman–Crippen LogP) is 2.67. The maximum Gasteiger partial charge on any atom is 0.310 e. The molecule has 2 aromatic rings. The molecule has 1 heterocycles. The minimum Gasteiger partial charge on any atom is -0.481 e. The molecule has 5 heteroatoms. The Morgan fingerprint density at radius 2 is 2.33 bits per heavy atom. The molecule has 0 aliphatic heterocycles. The molecule has 0 saturated heterocycles. The number of hydrogen-bond acceptors (Lipinski definition) is 3. The van der Waals surface area contributed by atoms with Crippen LogP contribution in [0, 0.1) is 0 Å². The van der Waals surface area contributed by atoms with E-state index in [1.54, 1.807) is 25.1 Å². The van der Waals surface area contributed by atoms with Crippen LogP contribution in [0.3, 0.4) is 0 Å². The van der Waals surface area contributed by atoms with Crippen molar-refractivity contribution in [2.45, 2.75) is 12.8 Å². The van der Waals surface area contributed by atoms with Crippen molar-refractivity contribution in [3.05, 3.63) is 28.9 Å². The minimum absolute atomic E-state index is 0.291. The number of fused-ring (bicyclic) bond motifs is 1. The van der Waals surface area contributed by atoms with Gasteiger partial charge in [0.1, 0.15) is 0 Å². The van der Waals surface area contributed by atoms with Crippen molar-refractivity contribution >= 4 is 28.5 Å². The van der Waals surface area contributed by atoms with Crippen LogP contribution in [0.5, 0.6) is 0 Å². The highest BCUT2D eigenvalue weighted by molar-refractivity contribution is 6.34. The number of rotatable bonds is 2. The van der Waals surface area contributed by atoms with Crippen LogP contribution in [0.1, 0.15) is 18.4 Å². The fraction of sp³-hybridized carbons (Fsp3) is 0.200. The van der Waals surface area contributed by atoms with E-state index in [-0.39, 0.29) is 0 Å². The topological polar surface area (TPSA) is 63.3 Å². The summed E-state index contributed by atoms with van der Waals surface area (Å²) in [7, 11) is 0. The Labute approximate surface area is 90.4 Å². The number of carbonyl (C=O) groups is 1. The first kappa shape index (κ1) is 9.98. The summed E-state index contributed by atoms with van der Waals surface area (Å²) in [4.78, 5) is 10.8. The summed E-state index contributed by atoms with van der Waals surface area (Å²) in [5, 5.41) is 13.4. The third-order valence-electron chi connectivity index (χ3n) is 2.32. The number of carboxylic acids is 1. The van der Waals surface area contributed by atoms with Crippen molar-refractivity contribution in [2.24, 2.45) is 0 Å². The van der Waals surface area contributed by atoms with E-state index in [9.17, 15) is 4.79 Å². The van der Waals surface area contributed by atoms with Crippen LogP contribution >= 0.6 is 11.6 Å². The van der Waals surface area contributed by atoms with E-state index < -0.39 is 11.9 Å². The van der Waals surface area contributed by atoms with Gasteiger partial charge in [0.15, 0.2) is 10.7 Å². The Morgan fingerprint density at radius 1 is 1.60 bits per heavy atom. The summed E-state index contributed by atoms with van der Waals surface area (Å²) in [6, 6.07) is 5.07. The fourth-order valence-electron chi connectivity index (χ4n) is 1.34. The molecular weight excluding hydrogens is 218 g/mol. The maximum atomic E-state index is 10.8. The molecule has 0 fully saturated rings. The van der Waals surface area contributed by atoms with E-state index in [0.29, 0.717) is 21.7 Å². The van der Waals surface area contributed by atoms with Gasteiger partial charge < -0.3 is 9.63 Å². The number of aliphatic carboxylic acids is 1. The summed E-state index contributed by atoms with van der Waals surface area (Å²) >= 11 is 5.75. The van der Waals surface area contributed by atoms with Gasteiger partial charge in [0.05, 0.1) is 11.3 Å². The molecule has 1 unspecified atom stereocenters. The van der Waals surface area contributed by atoms with Gasteiger partial charge in [0, 0.05) is 0 Å². The Bertz CT molecular complexity index is 520. The van der Waals surface area contributed by atoms with Crippen LogP contribution < -0.4 is 0 Å². The number of aromatic nitrogens is 1. The molecule has 0 amide bonds. The second kappa shape index (κ2) is 3.55. The maximum absolute atomic E-state index is 10.8. The Morgan fingerprint density at radius 3 is 3.00 bits per heavy atom. The van der Waals surface area contributed by atoms with Crippen LogP contribution in [0.15, 0.2) is 22.7 Å². The van der Waals surface area contributed by atoms with Gasteiger partial charge in [-0.15, -0.1) is 0 Å². The molecule has 0 radical (unpaired) electrons. The lowest BCUT2D eigenvalue weighted by molar-refractivity contribution is -0.138. The van der Waals surface area contributed by atoms with Gasteiger partial charge in [-0.2, -0.15) is 0 Å². The Hall–Kier alpha value is -1.55. The largest absolute Gasteiger partial charge is 0.481 e.